The van der Waals surface area contributed by atoms with Crippen molar-refractivity contribution in [3.8, 4) is 11.5 Å². The number of quaternary nitrogens is 1. The highest BCUT2D eigenvalue weighted by atomic mass is 19.1. The van der Waals surface area contributed by atoms with Gasteiger partial charge < -0.3 is 19.3 Å². The van der Waals surface area contributed by atoms with Gasteiger partial charge in [0.25, 0.3) is 0 Å². The second-order valence-corrected chi connectivity index (χ2v) is 6.79. The Hall–Kier alpha value is -2.60. The van der Waals surface area contributed by atoms with Crippen molar-refractivity contribution >= 4 is 5.91 Å². The number of amides is 1. The zero-order chi connectivity index (χ0) is 19.2. The van der Waals surface area contributed by atoms with Crippen molar-refractivity contribution in [2.75, 3.05) is 40.4 Å². The third-order valence-corrected chi connectivity index (χ3v) is 5.02. The maximum atomic E-state index is 13.0. The molecular weight excluding hydrogens is 347 g/mol. The molecule has 0 atom stereocenters. The Bertz CT molecular complexity index is 771. The standard InChI is InChI=1S/C21H25FN2O3/c1-26-19-7-8-20(27-2)17(14-19)15-23-9-11-24(12-10-23)21(25)13-16-3-5-18(22)6-4-16/h3-8,14H,9-13,15H2,1-2H3/p+1. The van der Waals surface area contributed by atoms with E-state index in [0.29, 0.717) is 6.42 Å². The Kier molecular flexibility index (Phi) is 6.29. The lowest BCUT2D eigenvalue weighted by molar-refractivity contribution is -0.917. The lowest BCUT2D eigenvalue weighted by Crippen LogP contribution is -3.13. The van der Waals surface area contributed by atoms with Crippen molar-refractivity contribution < 1.29 is 23.6 Å². The number of benzene rings is 2. The van der Waals surface area contributed by atoms with E-state index in [4.69, 9.17) is 9.47 Å². The molecule has 27 heavy (non-hydrogen) atoms. The van der Waals surface area contributed by atoms with Crippen molar-refractivity contribution in [3.63, 3.8) is 0 Å². The molecule has 6 heteroatoms. The van der Waals surface area contributed by atoms with E-state index in [1.165, 1.54) is 17.0 Å². The fourth-order valence-corrected chi connectivity index (χ4v) is 3.43. The van der Waals surface area contributed by atoms with E-state index in [1.54, 1.807) is 26.4 Å². The fourth-order valence-electron chi connectivity index (χ4n) is 3.43. The Morgan fingerprint density at radius 1 is 1.07 bits per heavy atom. The molecule has 0 bridgehead atoms. The van der Waals surface area contributed by atoms with E-state index < -0.39 is 0 Å². The minimum absolute atomic E-state index is 0.0969. The fraction of sp³-hybridized carbons (Fsp3) is 0.381. The van der Waals surface area contributed by atoms with E-state index in [0.717, 1.165) is 55.3 Å². The van der Waals surface area contributed by atoms with Gasteiger partial charge >= 0.3 is 0 Å². The number of halogens is 1. The largest absolute Gasteiger partial charge is 0.497 e. The zero-order valence-corrected chi connectivity index (χ0v) is 15.8. The van der Waals surface area contributed by atoms with Crippen LogP contribution in [0.1, 0.15) is 11.1 Å². The predicted octanol–water partition coefficient (Wildman–Crippen LogP) is 1.31. The molecule has 1 heterocycles. The monoisotopic (exact) mass is 373 g/mol. The molecule has 1 N–H and O–H groups in total. The number of rotatable bonds is 6. The molecular formula is C21H26FN2O3+. The van der Waals surface area contributed by atoms with E-state index in [-0.39, 0.29) is 11.7 Å². The van der Waals surface area contributed by atoms with Gasteiger partial charge in [0.1, 0.15) is 23.9 Å². The SMILES string of the molecule is COc1ccc(OC)c(C[NH+]2CCN(C(=O)Cc3ccc(F)cc3)CC2)c1. The minimum Gasteiger partial charge on any atom is -0.497 e. The van der Waals surface area contributed by atoms with E-state index in [9.17, 15) is 9.18 Å². The number of nitrogens with one attached hydrogen (secondary N) is 1. The molecule has 2 aromatic rings. The number of carbonyl (C=O) groups is 1. The summed E-state index contributed by atoms with van der Waals surface area (Å²) < 4.78 is 23.8. The van der Waals surface area contributed by atoms with Crippen LogP contribution in [0.5, 0.6) is 11.5 Å². The van der Waals surface area contributed by atoms with Gasteiger partial charge in [-0.05, 0) is 35.9 Å². The summed E-state index contributed by atoms with van der Waals surface area (Å²) in [7, 11) is 3.33. The highest BCUT2D eigenvalue weighted by molar-refractivity contribution is 5.78. The summed E-state index contributed by atoms with van der Waals surface area (Å²) in [6.07, 6.45) is 0.319. The van der Waals surface area contributed by atoms with Crippen LogP contribution in [0.15, 0.2) is 42.5 Å². The Morgan fingerprint density at radius 3 is 2.41 bits per heavy atom. The van der Waals surface area contributed by atoms with Gasteiger partial charge in [0.2, 0.25) is 5.91 Å². The van der Waals surface area contributed by atoms with Crippen molar-refractivity contribution in [1.29, 1.82) is 0 Å². The first-order valence-electron chi connectivity index (χ1n) is 9.15. The molecule has 0 radical (unpaired) electrons. The van der Waals surface area contributed by atoms with Gasteiger partial charge in [-0.15, -0.1) is 0 Å². The first-order chi connectivity index (χ1) is 13.1. The van der Waals surface area contributed by atoms with E-state index in [1.807, 2.05) is 23.1 Å². The number of methoxy groups -OCH3 is 2. The van der Waals surface area contributed by atoms with Gasteiger partial charge in [0, 0.05) is 0 Å². The first-order valence-corrected chi connectivity index (χ1v) is 9.15. The molecule has 1 aliphatic heterocycles. The molecule has 1 fully saturated rings. The Labute approximate surface area is 159 Å². The topological polar surface area (TPSA) is 43.2 Å². The minimum atomic E-state index is -0.281. The summed E-state index contributed by atoms with van der Waals surface area (Å²) in [5.74, 6) is 1.49. The van der Waals surface area contributed by atoms with E-state index >= 15 is 0 Å². The Balaban J connectivity index is 1.54. The van der Waals surface area contributed by atoms with Crippen LogP contribution in [0.25, 0.3) is 0 Å². The van der Waals surface area contributed by atoms with Crippen LogP contribution in [0.4, 0.5) is 4.39 Å². The lowest BCUT2D eigenvalue weighted by Gasteiger charge is -2.32. The van der Waals surface area contributed by atoms with Gasteiger partial charge in [0.05, 0.1) is 52.4 Å². The summed E-state index contributed by atoms with van der Waals surface area (Å²) in [5, 5.41) is 0. The normalized spacial score (nSPS) is 14.9. The molecule has 0 unspecified atom stereocenters. The summed E-state index contributed by atoms with van der Waals surface area (Å²) in [6, 6.07) is 12.0. The van der Waals surface area contributed by atoms with Crippen LogP contribution in [0, 0.1) is 5.82 Å². The second-order valence-electron chi connectivity index (χ2n) is 6.79. The number of hydrogen-bond acceptors (Lipinski definition) is 3. The smallest absolute Gasteiger partial charge is 0.227 e. The first kappa shape index (κ1) is 19.2. The summed E-state index contributed by atoms with van der Waals surface area (Å²) in [6.45, 7) is 4.05. The third-order valence-electron chi connectivity index (χ3n) is 5.02. The quantitative estimate of drug-likeness (QED) is 0.831. The average Bonchev–Trinajstić information content (AvgIpc) is 2.70. The summed E-state index contributed by atoms with van der Waals surface area (Å²) >= 11 is 0. The molecule has 0 aliphatic carbocycles. The molecule has 1 aliphatic rings. The number of carbonyl (C=O) groups excluding carboxylic acids is 1. The highest BCUT2D eigenvalue weighted by Gasteiger charge is 2.24. The van der Waals surface area contributed by atoms with Gasteiger partial charge in [-0.1, -0.05) is 12.1 Å². The van der Waals surface area contributed by atoms with Crippen molar-refractivity contribution in [2.24, 2.45) is 0 Å². The van der Waals surface area contributed by atoms with Crippen LogP contribution in [-0.4, -0.2) is 51.2 Å². The van der Waals surface area contributed by atoms with E-state index in [2.05, 4.69) is 0 Å². The number of hydrogen-bond donors (Lipinski definition) is 1. The maximum absolute atomic E-state index is 13.0. The molecule has 5 nitrogen and oxygen atoms in total. The second kappa shape index (κ2) is 8.86. The van der Waals surface area contributed by atoms with Crippen LogP contribution < -0.4 is 14.4 Å². The van der Waals surface area contributed by atoms with Crippen LogP contribution in [0.2, 0.25) is 0 Å². The van der Waals surface area contributed by atoms with Crippen molar-refractivity contribution in [1.82, 2.24) is 4.90 Å². The van der Waals surface area contributed by atoms with Gasteiger partial charge in [0.15, 0.2) is 0 Å². The zero-order valence-electron chi connectivity index (χ0n) is 15.8. The lowest BCUT2D eigenvalue weighted by atomic mass is 10.1. The molecule has 144 valence electrons. The molecule has 0 saturated carbocycles. The van der Waals surface area contributed by atoms with Crippen LogP contribution in [0.3, 0.4) is 0 Å². The molecule has 2 aromatic carbocycles. The predicted molar refractivity (Wildman–Crippen MR) is 101 cm³/mol. The molecule has 1 amide bonds. The third kappa shape index (κ3) is 4.98. The highest BCUT2D eigenvalue weighted by Crippen LogP contribution is 2.23. The Morgan fingerprint density at radius 2 is 1.78 bits per heavy atom. The number of ether oxygens (including phenoxy) is 2. The van der Waals surface area contributed by atoms with Crippen LogP contribution >= 0.6 is 0 Å². The van der Waals surface area contributed by atoms with Gasteiger partial charge in [-0.3, -0.25) is 4.79 Å². The molecule has 0 aromatic heterocycles. The summed E-state index contributed by atoms with van der Waals surface area (Å²) in [5.41, 5.74) is 1.95. The average molecular weight is 373 g/mol. The van der Waals surface area contributed by atoms with Crippen LogP contribution in [-0.2, 0) is 17.8 Å². The maximum Gasteiger partial charge on any atom is 0.227 e. The molecule has 0 spiro atoms. The molecule has 1 saturated heterocycles. The number of piperazine rings is 1. The van der Waals surface area contributed by atoms with Gasteiger partial charge in [-0.2, -0.15) is 0 Å². The van der Waals surface area contributed by atoms with Crippen molar-refractivity contribution in [3.05, 3.63) is 59.4 Å². The molecule has 3 rings (SSSR count). The number of nitrogens with zero attached hydrogens (tertiary/aromatic N) is 1. The summed E-state index contributed by atoms with van der Waals surface area (Å²) in [4.78, 5) is 15.8. The van der Waals surface area contributed by atoms with Gasteiger partial charge in [-0.25, -0.2) is 4.39 Å². The van der Waals surface area contributed by atoms with Crippen molar-refractivity contribution in [2.45, 2.75) is 13.0 Å².